The van der Waals surface area contributed by atoms with Gasteiger partial charge in [-0.05, 0) is 23.8 Å². The van der Waals surface area contributed by atoms with Gasteiger partial charge < -0.3 is 14.9 Å². The molecule has 6 nitrogen and oxygen atoms in total. The number of carboxylic acid groups (broad SMARTS) is 1. The third kappa shape index (κ3) is 4.02. The van der Waals surface area contributed by atoms with Crippen LogP contribution in [0.25, 0.3) is 6.08 Å². The predicted molar refractivity (Wildman–Crippen MR) is 95.7 cm³/mol. The first kappa shape index (κ1) is 18.2. The Morgan fingerprint density at radius 2 is 2.08 bits per heavy atom. The first-order valence-corrected chi connectivity index (χ1v) is 8.15. The molecule has 126 valence electrons. The van der Waals surface area contributed by atoms with E-state index in [0.717, 1.165) is 22.2 Å². The standard InChI is InChI=1S/C16H15NO5S2/c1-2-7-22-11-5-3-10(4-6-11)8-13-14(19)17(16(23)24-13)12(9-18)15(20)21/h2-6,8,12,18H,1,7,9H2,(H,20,21)/b13-8-. The van der Waals surface area contributed by atoms with E-state index in [9.17, 15) is 14.7 Å². The summed E-state index contributed by atoms with van der Waals surface area (Å²) in [5.41, 5.74) is 0.748. The Kier molecular flexibility index (Phi) is 6.13. The zero-order valence-electron chi connectivity index (χ0n) is 12.5. The minimum atomic E-state index is -1.38. The second-order valence-corrected chi connectivity index (χ2v) is 6.43. The average Bonchev–Trinajstić information content (AvgIpc) is 2.82. The summed E-state index contributed by atoms with van der Waals surface area (Å²) in [4.78, 5) is 24.7. The van der Waals surface area contributed by atoms with E-state index in [1.165, 1.54) is 0 Å². The lowest BCUT2D eigenvalue weighted by atomic mass is 10.2. The van der Waals surface area contributed by atoms with Crippen LogP contribution in [0.1, 0.15) is 5.56 Å². The maximum absolute atomic E-state index is 12.4. The van der Waals surface area contributed by atoms with E-state index < -0.39 is 24.5 Å². The van der Waals surface area contributed by atoms with Crippen LogP contribution in [0.4, 0.5) is 0 Å². The number of carbonyl (C=O) groups excluding carboxylic acids is 1. The van der Waals surface area contributed by atoms with Crippen molar-refractivity contribution in [2.45, 2.75) is 6.04 Å². The molecule has 1 aliphatic rings. The first-order chi connectivity index (χ1) is 11.5. The van der Waals surface area contributed by atoms with E-state index in [4.69, 9.17) is 22.1 Å². The fourth-order valence-corrected chi connectivity index (χ4v) is 3.34. The van der Waals surface area contributed by atoms with Crippen LogP contribution in [-0.4, -0.2) is 50.6 Å². The van der Waals surface area contributed by atoms with Crippen molar-refractivity contribution in [3.63, 3.8) is 0 Å². The highest BCUT2D eigenvalue weighted by Crippen LogP contribution is 2.34. The average molecular weight is 365 g/mol. The third-order valence-corrected chi connectivity index (χ3v) is 4.47. The molecule has 2 rings (SSSR count). The molecule has 0 bridgehead atoms. The molecule has 1 aromatic rings. The Morgan fingerprint density at radius 1 is 1.42 bits per heavy atom. The number of aliphatic hydroxyl groups excluding tert-OH is 1. The monoisotopic (exact) mass is 365 g/mol. The molecule has 24 heavy (non-hydrogen) atoms. The van der Waals surface area contributed by atoms with Crippen LogP contribution in [-0.2, 0) is 9.59 Å². The molecule has 8 heteroatoms. The van der Waals surface area contributed by atoms with Gasteiger partial charge in [0.25, 0.3) is 5.91 Å². The van der Waals surface area contributed by atoms with Gasteiger partial charge in [0, 0.05) is 0 Å². The molecule has 1 unspecified atom stereocenters. The fourth-order valence-electron chi connectivity index (χ4n) is 1.99. The SMILES string of the molecule is C=CCOc1ccc(/C=C2\SC(=S)N(C(CO)C(=O)O)C2=O)cc1. The molecule has 1 saturated heterocycles. The van der Waals surface area contributed by atoms with E-state index in [2.05, 4.69) is 6.58 Å². The highest BCUT2D eigenvalue weighted by Gasteiger charge is 2.40. The molecule has 0 aliphatic carbocycles. The van der Waals surface area contributed by atoms with E-state index in [0.29, 0.717) is 17.3 Å². The second-order valence-electron chi connectivity index (χ2n) is 4.76. The highest BCUT2D eigenvalue weighted by molar-refractivity contribution is 8.26. The number of aliphatic hydroxyl groups is 1. The van der Waals surface area contributed by atoms with Crippen molar-refractivity contribution < 1.29 is 24.5 Å². The number of benzene rings is 1. The van der Waals surface area contributed by atoms with Crippen LogP contribution in [0.5, 0.6) is 5.75 Å². The van der Waals surface area contributed by atoms with Crippen LogP contribution in [0, 0.1) is 0 Å². The molecule has 1 aliphatic heterocycles. The number of hydrogen-bond donors (Lipinski definition) is 2. The summed E-state index contributed by atoms with van der Waals surface area (Å²) in [5.74, 6) is -1.16. The van der Waals surface area contributed by atoms with Gasteiger partial charge in [-0.1, -0.05) is 48.8 Å². The van der Waals surface area contributed by atoms with Crippen LogP contribution in [0.15, 0.2) is 41.8 Å². The zero-order chi connectivity index (χ0) is 17.7. The van der Waals surface area contributed by atoms with Gasteiger partial charge in [-0.15, -0.1) is 0 Å². The number of carboxylic acids is 1. The second kappa shape index (κ2) is 8.09. The summed E-state index contributed by atoms with van der Waals surface area (Å²) in [6.07, 6.45) is 3.26. The fraction of sp³-hybridized carbons (Fsp3) is 0.188. The van der Waals surface area contributed by atoms with Gasteiger partial charge in [-0.3, -0.25) is 9.69 Å². The number of nitrogens with zero attached hydrogens (tertiary/aromatic N) is 1. The number of carbonyl (C=O) groups is 2. The lowest BCUT2D eigenvalue weighted by molar-refractivity contribution is -0.146. The lowest BCUT2D eigenvalue weighted by Crippen LogP contribution is -2.46. The van der Waals surface area contributed by atoms with E-state index >= 15 is 0 Å². The van der Waals surface area contributed by atoms with Gasteiger partial charge in [-0.25, -0.2) is 4.79 Å². The lowest BCUT2D eigenvalue weighted by Gasteiger charge is -2.20. The first-order valence-electron chi connectivity index (χ1n) is 6.92. The van der Waals surface area contributed by atoms with Gasteiger partial charge in [0.2, 0.25) is 0 Å². The van der Waals surface area contributed by atoms with Gasteiger partial charge in [0.05, 0.1) is 11.5 Å². The zero-order valence-corrected chi connectivity index (χ0v) is 14.2. The number of amides is 1. The molecule has 1 aromatic carbocycles. The minimum absolute atomic E-state index is 0.110. The van der Waals surface area contributed by atoms with Crippen molar-refractivity contribution in [3.8, 4) is 5.75 Å². The molecule has 0 spiro atoms. The van der Waals surface area contributed by atoms with Crippen molar-refractivity contribution in [2.75, 3.05) is 13.2 Å². The normalized spacial score (nSPS) is 17.2. The van der Waals surface area contributed by atoms with Crippen LogP contribution in [0.2, 0.25) is 0 Å². The maximum Gasteiger partial charge on any atom is 0.329 e. The molecular weight excluding hydrogens is 350 g/mol. The molecule has 1 atom stereocenters. The number of rotatable bonds is 7. The Bertz CT molecular complexity index is 699. The maximum atomic E-state index is 12.4. The van der Waals surface area contributed by atoms with E-state index in [1.54, 1.807) is 36.4 Å². The van der Waals surface area contributed by atoms with Gasteiger partial charge in [-0.2, -0.15) is 0 Å². The molecule has 1 amide bonds. The molecule has 0 aromatic heterocycles. The van der Waals surface area contributed by atoms with Crippen molar-refractivity contribution in [2.24, 2.45) is 0 Å². The Hall–Kier alpha value is -2.16. The summed E-state index contributed by atoms with van der Waals surface area (Å²) >= 11 is 6.07. The quantitative estimate of drug-likeness (QED) is 0.433. The Labute approximate surface area is 148 Å². The molecule has 0 radical (unpaired) electrons. The summed E-state index contributed by atoms with van der Waals surface area (Å²) in [6.45, 7) is 3.26. The smallest absolute Gasteiger partial charge is 0.329 e. The minimum Gasteiger partial charge on any atom is -0.490 e. The number of ether oxygens (including phenoxy) is 1. The van der Waals surface area contributed by atoms with Crippen LogP contribution < -0.4 is 4.74 Å². The number of thioether (sulfide) groups is 1. The van der Waals surface area contributed by atoms with Crippen molar-refractivity contribution in [1.29, 1.82) is 0 Å². The van der Waals surface area contributed by atoms with Gasteiger partial charge in [0.15, 0.2) is 6.04 Å². The predicted octanol–water partition coefficient (Wildman–Crippen LogP) is 1.90. The summed E-state index contributed by atoms with van der Waals surface area (Å²) in [6, 6.07) is 5.67. The summed E-state index contributed by atoms with van der Waals surface area (Å²) in [5, 5.41) is 18.3. The number of aliphatic carboxylic acids is 1. The Balaban J connectivity index is 2.19. The molecule has 0 saturated carbocycles. The van der Waals surface area contributed by atoms with Crippen molar-refractivity contribution in [1.82, 2.24) is 4.90 Å². The topological polar surface area (TPSA) is 87.1 Å². The van der Waals surface area contributed by atoms with Crippen molar-refractivity contribution >= 4 is 46.3 Å². The van der Waals surface area contributed by atoms with Crippen LogP contribution >= 0.6 is 24.0 Å². The van der Waals surface area contributed by atoms with Gasteiger partial charge in [0.1, 0.15) is 16.7 Å². The molecule has 1 fully saturated rings. The van der Waals surface area contributed by atoms with E-state index in [1.807, 2.05) is 0 Å². The Morgan fingerprint density at radius 3 is 2.62 bits per heavy atom. The molecular formula is C16H15NO5S2. The summed E-state index contributed by atoms with van der Waals surface area (Å²) < 4.78 is 5.48. The molecule has 2 N–H and O–H groups in total. The number of thiocarbonyl (C=S) groups is 1. The largest absolute Gasteiger partial charge is 0.490 e. The van der Waals surface area contributed by atoms with Gasteiger partial charge >= 0.3 is 5.97 Å². The highest BCUT2D eigenvalue weighted by atomic mass is 32.2. The third-order valence-electron chi connectivity index (χ3n) is 3.14. The van der Waals surface area contributed by atoms with Crippen molar-refractivity contribution in [3.05, 3.63) is 47.4 Å². The van der Waals surface area contributed by atoms with Crippen LogP contribution in [0.3, 0.4) is 0 Å². The number of hydrogen-bond acceptors (Lipinski definition) is 6. The summed E-state index contributed by atoms with van der Waals surface area (Å²) in [7, 11) is 0. The van der Waals surface area contributed by atoms with E-state index in [-0.39, 0.29) is 4.32 Å². The molecule has 1 heterocycles.